The van der Waals surface area contributed by atoms with Crippen molar-refractivity contribution < 1.29 is 5.11 Å². The Hall–Kier alpha value is -2.33. The maximum atomic E-state index is 9.10. The van der Waals surface area contributed by atoms with E-state index < -0.39 is 0 Å². The summed E-state index contributed by atoms with van der Waals surface area (Å²) < 4.78 is 0. The first-order valence-electron chi connectivity index (χ1n) is 8.13. The fourth-order valence-corrected chi connectivity index (χ4v) is 2.75. The SMILES string of the molecule is Cl.NC(CO)Cc1ccc(N(c2ccccc2)c2ccccc2)cc1. The van der Waals surface area contributed by atoms with Gasteiger partial charge >= 0.3 is 0 Å². The van der Waals surface area contributed by atoms with E-state index in [2.05, 4.69) is 53.4 Å². The number of aliphatic hydroxyl groups excluding tert-OH is 1. The van der Waals surface area contributed by atoms with Crippen LogP contribution in [-0.2, 0) is 6.42 Å². The summed E-state index contributed by atoms with van der Waals surface area (Å²) in [4.78, 5) is 2.22. The Morgan fingerprint density at radius 2 is 1.16 bits per heavy atom. The molecule has 0 saturated heterocycles. The van der Waals surface area contributed by atoms with E-state index >= 15 is 0 Å². The second-order valence-electron chi connectivity index (χ2n) is 5.82. The molecule has 3 aromatic rings. The van der Waals surface area contributed by atoms with Gasteiger partial charge in [0.15, 0.2) is 0 Å². The number of hydrogen-bond donors (Lipinski definition) is 2. The normalized spacial score (nSPS) is 11.4. The Balaban J connectivity index is 0.00000225. The van der Waals surface area contributed by atoms with Crippen LogP contribution in [0.4, 0.5) is 17.1 Å². The molecule has 0 fully saturated rings. The molecule has 0 aliphatic heterocycles. The lowest BCUT2D eigenvalue weighted by Crippen LogP contribution is -2.26. The van der Waals surface area contributed by atoms with Gasteiger partial charge < -0.3 is 15.7 Å². The summed E-state index contributed by atoms with van der Waals surface area (Å²) in [6.45, 7) is 0.00189. The quantitative estimate of drug-likeness (QED) is 0.688. The average Bonchev–Trinajstić information content (AvgIpc) is 2.65. The van der Waals surface area contributed by atoms with E-state index in [9.17, 15) is 0 Å². The molecule has 25 heavy (non-hydrogen) atoms. The number of anilines is 3. The topological polar surface area (TPSA) is 49.5 Å². The van der Waals surface area contributed by atoms with Gasteiger partial charge in [0, 0.05) is 23.1 Å². The van der Waals surface area contributed by atoms with Crippen LogP contribution in [0.2, 0.25) is 0 Å². The van der Waals surface area contributed by atoms with E-state index in [-0.39, 0.29) is 25.1 Å². The second kappa shape index (κ2) is 9.23. The summed E-state index contributed by atoms with van der Waals surface area (Å²) in [6.07, 6.45) is 0.674. The van der Waals surface area contributed by atoms with Gasteiger partial charge in [-0.2, -0.15) is 0 Å². The first kappa shape index (κ1) is 19.0. The molecule has 1 unspecified atom stereocenters. The number of para-hydroxylation sites is 2. The molecule has 1 atom stereocenters. The fourth-order valence-electron chi connectivity index (χ4n) is 2.75. The van der Waals surface area contributed by atoms with Crippen molar-refractivity contribution in [2.24, 2.45) is 5.73 Å². The van der Waals surface area contributed by atoms with Crippen molar-refractivity contribution >= 4 is 29.5 Å². The van der Waals surface area contributed by atoms with Crippen LogP contribution in [0.15, 0.2) is 84.9 Å². The predicted molar refractivity (Wildman–Crippen MR) is 107 cm³/mol. The molecule has 0 aliphatic carbocycles. The van der Waals surface area contributed by atoms with E-state index in [0.717, 1.165) is 22.6 Å². The van der Waals surface area contributed by atoms with Crippen LogP contribution in [0.5, 0.6) is 0 Å². The summed E-state index contributed by atoms with van der Waals surface area (Å²) >= 11 is 0. The zero-order valence-electron chi connectivity index (χ0n) is 14.0. The van der Waals surface area contributed by atoms with E-state index in [1.54, 1.807) is 0 Å². The van der Waals surface area contributed by atoms with Gasteiger partial charge in [-0.05, 0) is 48.4 Å². The van der Waals surface area contributed by atoms with Gasteiger partial charge in [-0.25, -0.2) is 0 Å². The molecule has 0 aliphatic rings. The van der Waals surface area contributed by atoms with Gasteiger partial charge in [-0.3, -0.25) is 0 Å². The summed E-state index contributed by atoms with van der Waals surface area (Å²) in [5.74, 6) is 0. The molecule has 4 heteroatoms. The third-order valence-electron chi connectivity index (χ3n) is 3.96. The molecule has 0 amide bonds. The van der Waals surface area contributed by atoms with E-state index in [4.69, 9.17) is 10.8 Å². The highest BCUT2D eigenvalue weighted by atomic mass is 35.5. The van der Waals surface area contributed by atoms with E-state index in [0.29, 0.717) is 6.42 Å². The third-order valence-corrected chi connectivity index (χ3v) is 3.96. The van der Waals surface area contributed by atoms with Gasteiger partial charge in [0.2, 0.25) is 0 Å². The molecule has 3 nitrogen and oxygen atoms in total. The molecule has 3 aromatic carbocycles. The van der Waals surface area contributed by atoms with Gasteiger partial charge in [-0.15, -0.1) is 12.4 Å². The standard InChI is InChI=1S/C21H22N2O.ClH/c22-18(16-24)15-17-11-13-21(14-12-17)23(19-7-3-1-4-8-19)20-9-5-2-6-10-20;/h1-14,18,24H,15-16,22H2;1H. The predicted octanol–water partition coefficient (Wildman–Crippen LogP) is 4.44. The molecule has 0 heterocycles. The minimum absolute atomic E-state index is 0. The van der Waals surface area contributed by atoms with E-state index in [1.807, 2.05) is 36.4 Å². The minimum atomic E-state index is -0.213. The zero-order chi connectivity index (χ0) is 16.8. The molecule has 0 spiro atoms. The maximum absolute atomic E-state index is 9.10. The number of nitrogens with two attached hydrogens (primary N) is 1. The van der Waals surface area contributed by atoms with Gasteiger partial charge in [0.05, 0.1) is 6.61 Å². The summed E-state index contributed by atoms with van der Waals surface area (Å²) in [7, 11) is 0. The number of aliphatic hydroxyl groups is 1. The van der Waals surface area contributed by atoms with Gasteiger partial charge in [0.25, 0.3) is 0 Å². The molecular formula is C21H23ClN2O. The second-order valence-corrected chi connectivity index (χ2v) is 5.82. The lowest BCUT2D eigenvalue weighted by molar-refractivity contribution is 0.265. The van der Waals surface area contributed by atoms with Crippen molar-refractivity contribution in [3.63, 3.8) is 0 Å². The van der Waals surface area contributed by atoms with Crippen molar-refractivity contribution in [1.29, 1.82) is 0 Å². The summed E-state index contributed by atoms with van der Waals surface area (Å²) in [5.41, 5.74) is 10.3. The molecule has 0 saturated carbocycles. The molecule has 130 valence electrons. The summed E-state index contributed by atoms with van der Waals surface area (Å²) in [5, 5.41) is 9.10. The Morgan fingerprint density at radius 3 is 1.60 bits per heavy atom. The molecule has 0 radical (unpaired) electrons. The van der Waals surface area contributed by atoms with Gasteiger partial charge in [-0.1, -0.05) is 48.5 Å². The number of hydrogen-bond acceptors (Lipinski definition) is 3. The molecule has 3 rings (SSSR count). The maximum Gasteiger partial charge on any atom is 0.0585 e. The Kier molecular flexibility index (Phi) is 7.02. The van der Waals surface area contributed by atoms with Crippen LogP contribution in [0.3, 0.4) is 0 Å². The smallest absolute Gasteiger partial charge is 0.0585 e. The first-order chi connectivity index (χ1) is 11.8. The first-order valence-corrected chi connectivity index (χ1v) is 8.13. The van der Waals surface area contributed by atoms with E-state index in [1.165, 1.54) is 0 Å². The Bertz CT molecular complexity index is 708. The lowest BCUT2D eigenvalue weighted by Gasteiger charge is -2.25. The zero-order valence-corrected chi connectivity index (χ0v) is 14.8. The van der Waals surface area contributed by atoms with Crippen molar-refractivity contribution in [3.05, 3.63) is 90.5 Å². The van der Waals surface area contributed by atoms with Crippen LogP contribution in [0.1, 0.15) is 5.56 Å². The van der Waals surface area contributed by atoms with Gasteiger partial charge in [0.1, 0.15) is 0 Å². The van der Waals surface area contributed by atoms with Crippen LogP contribution < -0.4 is 10.6 Å². The van der Waals surface area contributed by atoms with Crippen LogP contribution in [0.25, 0.3) is 0 Å². The highest BCUT2D eigenvalue weighted by molar-refractivity contribution is 5.85. The Labute approximate surface area is 155 Å². The molecule has 3 N–H and O–H groups in total. The fraction of sp³-hybridized carbons (Fsp3) is 0.143. The van der Waals surface area contributed by atoms with Crippen molar-refractivity contribution in [2.45, 2.75) is 12.5 Å². The largest absolute Gasteiger partial charge is 0.395 e. The molecular weight excluding hydrogens is 332 g/mol. The monoisotopic (exact) mass is 354 g/mol. The van der Waals surface area contributed by atoms with Crippen molar-refractivity contribution in [2.75, 3.05) is 11.5 Å². The highest BCUT2D eigenvalue weighted by Gasteiger charge is 2.11. The molecule has 0 bridgehead atoms. The number of nitrogens with zero attached hydrogens (tertiary/aromatic N) is 1. The molecule has 0 aromatic heterocycles. The van der Waals surface area contributed by atoms with Crippen LogP contribution in [-0.4, -0.2) is 17.8 Å². The highest BCUT2D eigenvalue weighted by Crippen LogP contribution is 2.34. The lowest BCUT2D eigenvalue weighted by atomic mass is 10.1. The van der Waals surface area contributed by atoms with Crippen molar-refractivity contribution in [1.82, 2.24) is 0 Å². The third kappa shape index (κ3) is 4.83. The number of rotatable bonds is 6. The van der Waals surface area contributed by atoms with Crippen LogP contribution in [0, 0.1) is 0 Å². The average molecular weight is 355 g/mol. The minimum Gasteiger partial charge on any atom is -0.395 e. The Morgan fingerprint density at radius 1 is 0.720 bits per heavy atom. The number of benzene rings is 3. The van der Waals surface area contributed by atoms with Crippen molar-refractivity contribution in [3.8, 4) is 0 Å². The van der Waals surface area contributed by atoms with Crippen LogP contribution >= 0.6 is 12.4 Å². The summed E-state index contributed by atoms with van der Waals surface area (Å²) in [6, 6.07) is 28.7. The number of halogens is 1.